The maximum Gasteiger partial charge on any atom is 0.244 e. The molecule has 0 aliphatic carbocycles. The van der Waals surface area contributed by atoms with E-state index in [0.29, 0.717) is 24.7 Å². The average molecular weight is 385 g/mol. The number of ether oxygens (including phenoxy) is 2. The Kier molecular flexibility index (Phi) is 4.37. The van der Waals surface area contributed by atoms with Gasteiger partial charge in [-0.2, -0.15) is 4.31 Å². The predicted octanol–water partition coefficient (Wildman–Crippen LogP) is 3.38. The van der Waals surface area contributed by atoms with Crippen LogP contribution in [0.15, 0.2) is 59.0 Å². The summed E-state index contributed by atoms with van der Waals surface area (Å²) in [4.78, 5) is 0.302. The van der Waals surface area contributed by atoms with Crippen LogP contribution in [0.25, 0.3) is 0 Å². The van der Waals surface area contributed by atoms with E-state index in [9.17, 15) is 8.42 Å². The van der Waals surface area contributed by atoms with E-state index in [4.69, 9.17) is 9.47 Å². The number of rotatable bonds is 3. The summed E-state index contributed by atoms with van der Waals surface area (Å²) in [6.45, 7) is 5.00. The number of hydrogen-bond acceptors (Lipinski definition) is 4. The molecular formula is C21H23NO4S. The highest BCUT2D eigenvalue weighted by Crippen LogP contribution is 2.45. The Labute approximate surface area is 160 Å². The van der Waals surface area contributed by atoms with Gasteiger partial charge in [-0.05, 0) is 49.2 Å². The van der Waals surface area contributed by atoms with Crippen molar-refractivity contribution in [2.75, 3.05) is 20.3 Å². The van der Waals surface area contributed by atoms with Gasteiger partial charge < -0.3 is 9.47 Å². The average Bonchev–Trinajstić information content (AvgIpc) is 2.99. The smallest absolute Gasteiger partial charge is 0.244 e. The monoisotopic (exact) mass is 385 g/mol. The highest BCUT2D eigenvalue weighted by molar-refractivity contribution is 7.89. The van der Waals surface area contributed by atoms with E-state index >= 15 is 0 Å². The Morgan fingerprint density at radius 3 is 2.56 bits per heavy atom. The van der Waals surface area contributed by atoms with Gasteiger partial charge in [0.05, 0.1) is 25.2 Å². The lowest BCUT2D eigenvalue weighted by Crippen LogP contribution is -2.50. The minimum absolute atomic E-state index is 0.300. The molecular weight excluding hydrogens is 362 g/mol. The van der Waals surface area contributed by atoms with Crippen molar-refractivity contribution in [3.63, 3.8) is 0 Å². The van der Waals surface area contributed by atoms with E-state index < -0.39 is 15.6 Å². The molecule has 4 rings (SSSR count). The molecule has 1 spiro atoms. The standard InChI is InChI=1S/C21H23NO4S/c1-15-4-7-19(8-5-15)27(23,24)22-12-16(2)11-21(22)14-26-13-17-10-18(25-3)6-9-20(17)21/h4-11H,12-14H2,1-3H3. The Morgan fingerprint density at radius 2 is 1.85 bits per heavy atom. The largest absolute Gasteiger partial charge is 0.497 e. The van der Waals surface area contributed by atoms with E-state index in [1.54, 1.807) is 23.5 Å². The van der Waals surface area contributed by atoms with Gasteiger partial charge in [0, 0.05) is 6.54 Å². The lowest BCUT2D eigenvalue weighted by Gasteiger charge is -2.41. The third kappa shape index (κ3) is 2.88. The van der Waals surface area contributed by atoms with Gasteiger partial charge in [0.25, 0.3) is 0 Å². The maximum atomic E-state index is 13.5. The summed E-state index contributed by atoms with van der Waals surface area (Å²) in [5.41, 5.74) is 3.13. The summed E-state index contributed by atoms with van der Waals surface area (Å²) in [6.07, 6.45) is 2.03. The molecule has 1 unspecified atom stereocenters. The van der Waals surface area contributed by atoms with Crippen LogP contribution in [-0.2, 0) is 26.9 Å². The fraction of sp³-hybridized carbons (Fsp3) is 0.333. The van der Waals surface area contributed by atoms with Crippen LogP contribution >= 0.6 is 0 Å². The Bertz CT molecular complexity index is 1010. The molecule has 6 heteroatoms. The lowest BCUT2D eigenvalue weighted by atomic mass is 9.86. The van der Waals surface area contributed by atoms with Gasteiger partial charge in [-0.15, -0.1) is 0 Å². The van der Waals surface area contributed by atoms with Crippen LogP contribution in [0.4, 0.5) is 0 Å². The van der Waals surface area contributed by atoms with Crippen molar-refractivity contribution in [2.24, 2.45) is 0 Å². The molecule has 0 bridgehead atoms. The molecule has 2 aliphatic heterocycles. The minimum atomic E-state index is -3.68. The number of fused-ring (bicyclic) bond motifs is 2. The van der Waals surface area contributed by atoms with Crippen molar-refractivity contribution >= 4 is 10.0 Å². The number of sulfonamides is 1. The van der Waals surface area contributed by atoms with Crippen LogP contribution in [0.2, 0.25) is 0 Å². The second-order valence-electron chi connectivity index (χ2n) is 7.26. The van der Waals surface area contributed by atoms with E-state index in [-0.39, 0.29) is 0 Å². The van der Waals surface area contributed by atoms with E-state index in [1.165, 1.54) is 0 Å². The molecule has 2 aromatic carbocycles. The SMILES string of the molecule is COc1ccc2c(c1)COCC21C=C(C)CN1S(=O)(=O)c1ccc(C)cc1. The summed E-state index contributed by atoms with van der Waals surface area (Å²) in [6, 6.07) is 12.8. The molecule has 0 amide bonds. The molecule has 2 heterocycles. The van der Waals surface area contributed by atoms with Gasteiger partial charge >= 0.3 is 0 Å². The number of hydrogen-bond donors (Lipinski definition) is 0. The van der Waals surface area contributed by atoms with Crippen LogP contribution in [-0.4, -0.2) is 33.0 Å². The van der Waals surface area contributed by atoms with Gasteiger partial charge in [0.2, 0.25) is 10.0 Å². The number of benzene rings is 2. The Balaban J connectivity index is 1.86. The summed E-state index contributed by atoms with van der Waals surface area (Å²) in [7, 11) is -2.06. The van der Waals surface area contributed by atoms with Gasteiger partial charge in [-0.25, -0.2) is 8.42 Å². The highest BCUT2D eigenvalue weighted by atomic mass is 32.2. The van der Waals surface area contributed by atoms with Gasteiger partial charge in [0.15, 0.2) is 0 Å². The summed E-state index contributed by atoms with van der Waals surface area (Å²) < 4.78 is 39.8. The van der Waals surface area contributed by atoms with Gasteiger partial charge in [-0.1, -0.05) is 35.4 Å². The third-order valence-electron chi connectivity index (χ3n) is 5.29. The van der Waals surface area contributed by atoms with Crippen LogP contribution < -0.4 is 4.74 Å². The first-order valence-corrected chi connectivity index (χ1v) is 10.3. The normalized spacial score (nSPS) is 22.6. The second kappa shape index (κ2) is 6.48. The van der Waals surface area contributed by atoms with Crippen LogP contribution in [0.5, 0.6) is 5.75 Å². The topological polar surface area (TPSA) is 55.8 Å². The number of aryl methyl sites for hydroxylation is 1. The molecule has 142 valence electrons. The zero-order valence-corrected chi connectivity index (χ0v) is 16.5. The molecule has 0 saturated heterocycles. The van der Waals surface area contributed by atoms with Crippen molar-refractivity contribution < 1.29 is 17.9 Å². The number of methoxy groups -OCH3 is 1. The molecule has 2 aliphatic rings. The molecule has 0 radical (unpaired) electrons. The van der Waals surface area contributed by atoms with Crippen molar-refractivity contribution in [1.82, 2.24) is 4.31 Å². The van der Waals surface area contributed by atoms with Crippen LogP contribution in [0.1, 0.15) is 23.6 Å². The first kappa shape index (κ1) is 18.2. The maximum absolute atomic E-state index is 13.5. The van der Waals surface area contributed by atoms with Gasteiger partial charge in [0.1, 0.15) is 11.3 Å². The lowest BCUT2D eigenvalue weighted by molar-refractivity contribution is 0.0323. The van der Waals surface area contributed by atoms with Crippen molar-refractivity contribution in [2.45, 2.75) is 30.9 Å². The molecule has 2 aromatic rings. The molecule has 1 atom stereocenters. The Hall–Kier alpha value is -2.15. The predicted molar refractivity (Wildman–Crippen MR) is 103 cm³/mol. The zero-order chi connectivity index (χ0) is 19.2. The van der Waals surface area contributed by atoms with Crippen LogP contribution in [0.3, 0.4) is 0 Å². The molecule has 5 nitrogen and oxygen atoms in total. The van der Waals surface area contributed by atoms with Crippen LogP contribution in [0, 0.1) is 6.92 Å². The summed E-state index contributed by atoms with van der Waals surface area (Å²) in [5, 5.41) is 0. The van der Waals surface area contributed by atoms with E-state index in [0.717, 1.165) is 28.0 Å². The second-order valence-corrected chi connectivity index (χ2v) is 9.12. The van der Waals surface area contributed by atoms with Crippen molar-refractivity contribution in [3.8, 4) is 5.75 Å². The Morgan fingerprint density at radius 1 is 1.11 bits per heavy atom. The highest BCUT2D eigenvalue weighted by Gasteiger charge is 2.50. The fourth-order valence-corrected chi connectivity index (χ4v) is 5.73. The molecule has 0 N–H and O–H groups in total. The van der Waals surface area contributed by atoms with Crippen molar-refractivity contribution in [3.05, 3.63) is 70.8 Å². The van der Waals surface area contributed by atoms with E-state index in [1.807, 2.05) is 50.3 Å². The quantitative estimate of drug-likeness (QED) is 0.760. The third-order valence-corrected chi connectivity index (χ3v) is 7.19. The van der Waals surface area contributed by atoms with Crippen molar-refractivity contribution in [1.29, 1.82) is 0 Å². The first-order chi connectivity index (χ1) is 12.9. The molecule has 0 saturated carbocycles. The molecule has 0 fully saturated rings. The summed E-state index contributed by atoms with van der Waals surface area (Å²) >= 11 is 0. The first-order valence-electron chi connectivity index (χ1n) is 8.90. The zero-order valence-electron chi connectivity index (χ0n) is 15.7. The summed E-state index contributed by atoms with van der Waals surface area (Å²) in [5.74, 6) is 0.737. The minimum Gasteiger partial charge on any atom is -0.497 e. The molecule has 27 heavy (non-hydrogen) atoms. The van der Waals surface area contributed by atoms with Gasteiger partial charge in [-0.3, -0.25) is 0 Å². The van der Waals surface area contributed by atoms with E-state index in [2.05, 4.69) is 0 Å². The number of nitrogens with zero attached hydrogens (tertiary/aromatic N) is 1. The molecule has 0 aromatic heterocycles. The fourth-order valence-electron chi connectivity index (χ4n) is 3.99.